The summed E-state index contributed by atoms with van der Waals surface area (Å²) in [7, 11) is 0. The van der Waals surface area contributed by atoms with Gasteiger partial charge < -0.3 is 9.47 Å². The number of fused-ring (bicyclic) bond motifs is 1. The van der Waals surface area contributed by atoms with E-state index >= 15 is 0 Å². The van der Waals surface area contributed by atoms with Crippen molar-refractivity contribution in [2.45, 2.75) is 31.9 Å². The summed E-state index contributed by atoms with van der Waals surface area (Å²) in [5.41, 5.74) is 1.74. The Morgan fingerprint density at radius 2 is 1.95 bits per heavy atom. The number of carbonyl (C=O) groups excluding carboxylic acids is 1. The fourth-order valence-corrected chi connectivity index (χ4v) is 2.25. The van der Waals surface area contributed by atoms with E-state index in [9.17, 15) is 18.0 Å². The summed E-state index contributed by atoms with van der Waals surface area (Å²) < 4.78 is 45.5. The monoisotopic (exact) mass is 302 g/mol. The van der Waals surface area contributed by atoms with E-state index in [-0.39, 0.29) is 19.0 Å². The maximum atomic E-state index is 11.8. The maximum Gasteiger partial charge on any atom is 0.411 e. The summed E-state index contributed by atoms with van der Waals surface area (Å²) in [4.78, 5) is 11.7. The number of rotatable bonds is 6. The number of benzene rings is 1. The third-order valence-electron chi connectivity index (χ3n) is 3.19. The van der Waals surface area contributed by atoms with Crippen LogP contribution in [0.2, 0.25) is 0 Å². The lowest BCUT2D eigenvalue weighted by Crippen LogP contribution is -2.18. The molecule has 3 nitrogen and oxygen atoms in total. The van der Waals surface area contributed by atoms with Crippen molar-refractivity contribution in [2.75, 3.05) is 19.8 Å². The number of ketones is 1. The minimum atomic E-state index is -4.29. The predicted octanol–water partition coefficient (Wildman–Crippen LogP) is 3.55. The van der Waals surface area contributed by atoms with Gasteiger partial charge in [-0.1, -0.05) is 0 Å². The Bertz CT molecular complexity index is 497. The smallest absolute Gasteiger partial charge is 0.411 e. The molecule has 21 heavy (non-hydrogen) atoms. The standard InChI is InChI=1S/C15H17F3O3/c16-15(17,18)10-20-7-2-8-21-12-5-6-13-11(9-12)3-1-4-14(13)19/h5-6,9H,1-4,7-8,10H2. The molecule has 116 valence electrons. The average molecular weight is 302 g/mol. The van der Waals surface area contributed by atoms with Crippen LogP contribution in [0.5, 0.6) is 5.75 Å². The molecule has 2 rings (SSSR count). The van der Waals surface area contributed by atoms with Crippen LogP contribution in [-0.4, -0.2) is 31.8 Å². The molecule has 0 aliphatic heterocycles. The summed E-state index contributed by atoms with van der Waals surface area (Å²) >= 11 is 0. The molecule has 0 aromatic heterocycles. The normalized spacial score (nSPS) is 14.9. The van der Waals surface area contributed by atoms with Crippen LogP contribution in [0.1, 0.15) is 35.2 Å². The van der Waals surface area contributed by atoms with Crippen LogP contribution in [0, 0.1) is 0 Å². The minimum Gasteiger partial charge on any atom is -0.493 e. The Labute approximate surface area is 121 Å². The molecule has 0 radical (unpaired) electrons. The Morgan fingerprint density at radius 3 is 2.71 bits per heavy atom. The molecular formula is C15H17F3O3. The fourth-order valence-electron chi connectivity index (χ4n) is 2.25. The number of Topliss-reactive ketones (excluding diaryl/α,β-unsaturated/α-hetero) is 1. The molecule has 0 heterocycles. The van der Waals surface area contributed by atoms with Gasteiger partial charge in [0.05, 0.1) is 13.2 Å². The van der Waals surface area contributed by atoms with E-state index < -0.39 is 12.8 Å². The highest BCUT2D eigenvalue weighted by molar-refractivity contribution is 5.98. The summed E-state index contributed by atoms with van der Waals surface area (Å²) in [6, 6.07) is 5.31. The number of aryl methyl sites for hydroxylation is 1. The van der Waals surface area contributed by atoms with Crippen molar-refractivity contribution in [3.63, 3.8) is 0 Å². The van der Waals surface area contributed by atoms with Gasteiger partial charge in [-0.25, -0.2) is 0 Å². The molecule has 0 spiro atoms. The zero-order valence-electron chi connectivity index (χ0n) is 11.5. The molecule has 0 atom stereocenters. The number of hydrogen-bond acceptors (Lipinski definition) is 3. The quantitative estimate of drug-likeness (QED) is 0.754. The van der Waals surface area contributed by atoms with Crippen molar-refractivity contribution in [3.05, 3.63) is 29.3 Å². The van der Waals surface area contributed by atoms with Gasteiger partial charge in [0, 0.05) is 18.4 Å². The van der Waals surface area contributed by atoms with E-state index in [4.69, 9.17) is 4.74 Å². The lowest BCUT2D eigenvalue weighted by molar-refractivity contribution is -0.174. The van der Waals surface area contributed by atoms with Gasteiger partial charge in [-0.2, -0.15) is 13.2 Å². The summed E-state index contributed by atoms with van der Waals surface area (Å²) in [6.07, 6.45) is -1.62. The third-order valence-corrected chi connectivity index (χ3v) is 3.19. The van der Waals surface area contributed by atoms with Crippen molar-refractivity contribution < 1.29 is 27.4 Å². The van der Waals surface area contributed by atoms with E-state index in [1.807, 2.05) is 6.07 Å². The lowest BCUT2D eigenvalue weighted by Gasteiger charge is -2.16. The second kappa shape index (κ2) is 6.93. The molecule has 0 amide bonds. The Morgan fingerprint density at radius 1 is 1.14 bits per heavy atom. The molecule has 1 aliphatic carbocycles. The first-order valence-corrected chi connectivity index (χ1v) is 6.89. The Hall–Kier alpha value is -1.56. The minimum absolute atomic E-state index is 0.00291. The van der Waals surface area contributed by atoms with Crippen LogP contribution in [0.25, 0.3) is 0 Å². The van der Waals surface area contributed by atoms with Gasteiger partial charge in [-0.05, 0) is 36.6 Å². The number of carbonyl (C=O) groups is 1. The fraction of sp³-hybridized carbons (Fsp3) is 0.533. The number of halogens is 3. The highest BCUT2D eigenvalue weighted by Gasteiger charge is 2.27. The number of hydrogen-bond donors (Lipinski definition) is 0. The maximum absolute atomic E-state index is 11.8. The number of ether oxygens (including phenoxy) is 2. The largest absolute Gasteiger partial charge is 0.493 e. The van der Waals surface area contributed by atoms with E-state index in [1.54, 1.807) is 12.1 Å². The molecule has 0 saturated carbocycles. The van der Waals surface area contributed by atoms with Crippen LogP contribution < -0.4 is 4.74 Å². The van der Waals surface area contributed by atoms with E-state index in [1.165, 1.54) is 0 Å². The molecule has 0 N–H and O–H groups in total. The van der Waals surface area contributed by atoms with Gasteiger partial charge >= 0.3 is 6.18 Å². The highest BCUT2D eigenvalue weighted by Crippen LogP contribution is 2.25. The molecule has 1 aromatic carbocycles. The average Bonchev–Trinajstić information content (AvgIpc) is 2.42. The zero-order valence-corrected chi connectivity index (χ0v) is 11.5. The second-order valence-corrected chi connectivity index (χ2v) is 4.97. The second-order valence-electron chi connectivity index (χ2n) is 4.97. The van der Waals surface area contributed by atoms with Crippen LogP contribution >= 0.6 is 0 Å². The Balaban J connectivity index is 1.73. The van der Waals surface area contributed by atoms with Crippen molar-refractivity contribution in [2.24, 2.45) is 0 Å². The van der Waals surface area contributed by atoms with Gasteiger partial charge in [0.15, 0.2) is 5.78 Å². The lowest BCUT2D eigenvalue weighted by atomic mass is 9.91. The molecule has 1 aliphatic rings. The van der Waals surface area contributed by atoms with Crippen LogP contribution in [0.3, 0.4) is 0 Å². The third kappa shape index (κ3) is 5.04. The summed E-state index contributed by atoms with van der Waals surface area (Å²) in [6.45, 7) is -0.943. The molecule has 6 heteroatoms. The molecule has 0 saturated heterocycles. The van der Waals surface area contributed by atoms with Crippen molar-refractivity contribution in [1.82, 2.24) is 0 Å². The Kier molecular flexibility index (Phi) is 5.22. The summed E-state index contributed by atoms with van der Waals surface area (Å²) in [5.74, 6) is 0.794. The van der Waals surface area contributed by atoms with Gasteiger partial charge in [0.25, 0.3) is 0 Å². The van der Waals surface area contributed by atoms with Crippen LogP contribution in [-0.2, 0) is 11.2 Å². The zero-order chi connectivity index (χ0) is 15.3. The molecule has 1 aromatic rings. The van der Waals surface area contributed by atoms with E-state index in [0.29, 0.717) is 18.6 Å². The molecular weight excluding hydrogens is 285 g/mol. The number of alkyl halides is 3. The van der Waals surface area contributed by atoms with Crippen molar-refractivity contribution in [1.29, 1.82) is 0 Å². The van der Waals surface area contributed by atoms with Crippen LogP contribution in [0.4, 0.5) is 13.2 Å². The SMILES string of the molecule is O=C1CCCc2cc(OCCCOCC(F)(F)F)ccc21. The first kappa shape index (κ1) is 15.8. The van der Waals surface area contributed by atoms with Gasteiger partial charge in [0.1, 0.15) is 12.4 Å². The van der Waals surface area contributed by atoms with Gasteiger partial charge in [0.2, 0.25) is 0 Å². The van der Waals surface area contributed by atoms with Gasteiger partial charge in [-0.3, -0.25) is 4.79 Å². The van der Waals surface area contributed by atoms with Crippen molar-refractivity contribution >= 4 is 5.78 Å². The van der Waals surface area contributed by atoms with E-state index in [0.717, 1.165) is 24.0 Å². The predicted molar refractivity (Wildman–Crippen MR) is 70.7 cm³/mol. The van der Waals surface area contributed by atoms with Gasteiger partial charge in [-0.15, -0.1) is 0 Å². The van der Waals surface area contributed by atoms with E-state index in [2.05, 4.69) is 4.74 Å². The first-order chi connectivity index (χ1) is 9.96. The van der Waals surface area contributed by atoms with Crippen molar-refractivity contribution in [3.8, 4) is 5.75 Å². The summed E-state index contributed by atoms with van der Waals surface area (Å²) in [5, 5.41) is 0. The molecule has 0 bridgehead atoms. The van der Waals surface area contributed by atoms with Crippen LogP contribution in [0.15, 0.2) is 18.2 Å². The highest BCUT2D eigenvalue weighted by atomic mass is 19.4. The molecule has 0 unspecified atom stereocenters. The molecule has 0 fully saturated rings. The topological polar surface area (TPSA) is 35.5 Å². The first-order valence-electron chi connectivity index (χ1n) is 6.89.